The summed E-state index contributed by atoms with van der Waals surface area (Å²) in [6.07, 6.45) is 3.69. The van der Waals surface area contributed by atoms with Crippen molar-refractivity contribution >= 4 is 158 Å². The molecule has 8 rings (SSSR count). The van der Waals surface area contributed by atoms with Gasteiger partial charge >= 0.3 is 0 Å². The van der Waals surface area contributed by atoms with Crippen LogP contribution >= 0.6 is 0 Å². The van der Waals surface area contributed by atoms with Gasteiger partial charge < -0.3 is 4.90 Å². The molecule has 0 aromatic heterocycles. The minimum Gasteiger partial charge on any atom is -0.311 e. The SMILES string of the molecule is [B][B].[B]c1cc([B])c2c(c1)-c1c(cc([B])c([B])c1N(c1cc3c(c([B])c1[B])-c1ccccc1C3(C)C)c1c([B])c([B])c([B])c3c1C(=C)/C(=C\C=C)C3(C)C)C2(C)C. The zero-order valence-corrected chi connectivity index (χ0v) is 33.5. The first-order chi connectivity index (χ1) is 26.7. The van der Waals surface area contributed by atoms with Crippen molar-refractivity contribution in [2.75, 3.05) is 4.90 Å². The molecule has 12 heteroatoms. The lowest BCUT2D eigenvalue weighted by molar-refractivity contribution is 0.661. The number of nitrogens with zero attached hydrogens (tertiary/aromatic N) is 1. The van der Waals surface area contributed by atoms with Crippen LogP contribution in [-0.2, 0) is 16.2 Å². The van der Waals surface area contributed by atoms with Gasteiger partial charge in [-0.2, -0.15) is 0 Å². The summed E-state index contributed by atoms with van der Waals surface area (Å²) < 4.78 is 0. The van der Waals surface area contributed by atoms with Crippen LogP contribution in [0.25, 0.3) is 27.8 Å². The van der Waals surface area contributed by atoms with Gasteiger partial charge in [0.25, 0.3) is 0 Å². The summed E-state index contributed by atoms with van der Waals surface area (Å²) in [7, 11) is 71.1. The quantitative estimate of drug-likeness (QED) is 0.248. The lowest BCUT2D eigenvalue weighted by atomic mass is 9.64. The van der Waals surface area contributed by atoms with Gasteiger partial charge in [-0.15, -0.1) is 10.9 Å². The number of allylic oxidation sites excluding steroid dienone is 4. The van der Waals surface area contributed by atoms with E-state index in [4.69, 9.17) is 70.6 Å². The Labute approximate surface area is 353 Å². The van der Waals surface area contributed by atoms with Crippen LogP contribution in [0.5, 0.6) is 0 Å². The standard InChI is InChI=1S/C45H32B9N.B2/c1-9-12-23-19(2)30-34(44(23,5)6)38(52)39(53)40(54)41(30)55(29-18-26-31(37(51)36(29)50)21-13-10-11-14-24(21)43(26,3)4)42-32-22-15-20(46)16-27(47)33(22)45(7,8)25(32)17-28(48)35(42)49;1-2/h9-18H,1-2H2,3-8H3;/b23-12+;. The minimum atomic E-state index is -0.639. The molecule has 22 radical (unpaired) electrons. The summed E-state index contributed by atoms with van der Waals surface area (Å²) in [5.74, 6) is 0. The Morgan fingerprint density at radius 2 is 1.16 bits per heavy atom. The van der Waals surface area contributed by atoms with Crippen LogP contribution in [0.3, 0.4) is 0 Å². The van der Waals surface area contributed by atoms with Crippen LogP contribution in [0.1, 0.15) is 74.9 Å². The number of fused-ring (bicyclic) bond motifs is 7. The predicted octanol–water partition coefficient (Wildman–Crippen LogP) is 0.568. The number of rotatable bonds is 4. The monoisotopic (exact) mass is 707 g/mol. The highest BCUT2D eigenvalue weighted by atomic mass is 15.2. The summed E-state index contributed by atoms with van der Waals surface area (Å²) in [6.45, 7) is 21.4. The normalized spacial score (nSPS) is 16.5. The maximum atomic E-state index is 7.31. The highest BCUT2D eigenvalue weighted by Crippen LogP contribution is 2.57. The topological polar surface area (TPSA) is 3.24 Å². The zero-order chi connectivity index (χ0) is 42.0. The Hall–Kier alpha value is -4.17. The second-order valence-electron chi connectivity index (χ2n) is 16.7. The molecular weight excluding hydrogens is 673 g/mol. The van der Waals surface area contributed by atoms with Gasteiger partial charge in [0.1, 0.15) is 70.6 Å². The summed E-state index contributed by atoms with van der Waals surface area (Å²) in [5, 5.41) is 0. The third kappa shape index (κ3) is 5.44. The van der Waals surface area contributed by atoms with Gasteiger partial charge in [-0.3, -0.25) is 0 Å². The maximum absolute atomic E-state index is 7.31. The molecule has 1 nitrogen and oxygen atoms in total. The van der Waals surface area contributed by atoms with Crippen LogP contribution in [0.15, 0.2) is 79.4 Å². The van der Waals surface area contributed by atoms with E-state index >= 15 is 0 Å². The molecule has 3 aliphatic rings. The van der Waals surface area contributed by atoms with E-state index in [9.17, 15) is 0 Å². The van der Waals surface area contributed by atoms with E-state index in [-0.39, 0.29) is 16.4 Å². The Morgan fingerprint density at radius 1 is 0.544 bits per heavy atom. The molecule has 0 saturated heterocycles. The second-order valence-corrected chi connectivity index (χ2v) is 16.7. The summed E-state index contributed by atoms with van der Waals surface area (Å²) in [5.41, 5.74) is 13.6. The van der Waals surface area contributed by atoms with Crippen LogP contribution in [-0.4, -0.2) is 86.1 Å². The molecule has 0 saturated carbocycles. The first kappa shape index (κ1) is 41.0. The zero-order valence-electron chi connectivity index (χ0n) is 33.5. The summed E-state index contributed by atoms with van der Waals surface area (Å²) >= 11 is 0. The molecule has 0 amide bonds. The Kier molecular flexibility index (Phi) is 9.87. The number of hydrogen-bond acceptors (Lipinski definition) is 1. The van der Waals surface area contributed by atoms with Gasteiger partial charge in [0.2, 0.25) is 0 Å². The van der Waals surface area contributed by atoms with Crippen molar-refractivity contribution in [2.45, 2.75) is 57.8 Å². The summed E-state index contributed by atoms with van der Waals surface area (Å²) in [6, 6.07) is 16.0. The van der Waals surface area contributed by atoms with Gasteiger partial charge in [0.15, 0.2) is 0 Å². The predicted molar refractivity (Wildman–Crippen MR) is 257 cm³/mol. The van der Waals surface area contributed by atoms with Gasteiger partial charge in [-0.1, -0.05) is 148 Å². The fourth-order valence-corrected chi connectivity index (χ4v) is 9.88. The molecule has 57 heavy (non-hydrogen) atoms. The van der Waals surface area contributed by atoms with E-state index in [2.05, 4.69) is 88.4 Å². The van der Waals surface area contributed by atoms with E-state index in [1.165, 1.54) is 0 Å². The molecule has 5 aromatic carbocycles. The van der Waals surface area contributed by atoms with Gasteiger partial charge in [0, 0.05) is 59.9 Å². The van der Waals surface area contributed by atoms with Crippen molar-refractivity contribution in [2.24, 2.45) is 0 Å². The highest BCUT2D eigenvalue weighted by Gasteiger charge is 2.45. The van der Waals surface area contributed by atoms with Crippen LogP contribution in [0.2, 0.25) is 0 Å². The molecule has 0 fully saturated rings. The van der Waals surface area contributed by atoms with Crippen LogP contribution in [0, 0.1) is 0 Å². The Balaban J connectivity index is 0.00000244. The molecule has 0 N–H and O–H groups in total. The fourth-order valence-electron chi connectivity index (χ4n) is 9.88. The average Bonchev–Trinajstić information content (AvgIpc) is 3.61. The lowest BCUT2D eigenvalue weighted by Gasteiger charge is -2.38. The van der Waals surface area contributed by atoms with E-state index in [1.54, 1.807) is 12.1 Å². The lowest BCUT2D eigenvalue weighted by Crippen LogP contribution is -2.47. The maximum Gasteiger partial charge on any atom is 0.115 e. The molecule has 0 bridgehead atoms. The summed E-state index contributed by atoms with van der Waals surface area (Å²) in [4.78, 5) is 1.97. The van der Waals surface area contributed by atoms with E-state index < -0.39 is 16.2 Å². The molecule has 0 aliphatic heterocycles. The van der Waals surface area contributed by atoms with Gasteiger partial charge in [-0.25, -0.2) is 0 Å². The van der Waals surface area contributed by atoms with Crippen molar-refractivity contribution in [1.82, 2.24) is 0 Å². The molecule has 250 valence electrons. The molecule has 0 unspecified atom stereocenters. The smallest absolute Gasteiger partial charge is 0.115 e. The van der Waals surface area contributed by atoms with Crippen molar-refractivity contribution < 1.29 is 0 Å². The molecule has 0 spiro atoms. The molecule has 0 heterocycles. The molecule has 0 atom stereocenters. The van der Waals surface area contributed by atoms with Gasteiger partial charge in [0.05, 0.1) is 0 Å². The second kappa shape index (κ2) is 13.7. The number of benzene rings is 5. The van der Waals surface area contributed by atoms with Crippen LogP contribution < -0.4 is 54.1 Å². The van der Waals surface area contributed by atoms with Crippen molar-refractivity contribution in [3.05, 3.63) is 113 Å². The van der Waals surface area contributed by atoms with Crippen LogP contribution in [0.4, 0.5) is 17.1 Å². The van der Waals surface area contributed by atoms with Crippen molar-refractivity contribution in [3.63, 3.8) is 0 Å². The van der Waals surface area contributed by atoms with E-state index in [0.29, 0.717) is 61.0 Å². The Bertz CT molecular complexity index is 2670. The minimum absolute atomic E-state index is 0.216. The highest BCUT2D eigenvalue weighted by molar-refractivity contribution is 6.75. The molecular formula is C45H32B11N. The van der Waals surface area contributed by atoms with Gasteiger partial charge in [-0.05, 0) is 61.7 Å². The third-order valence-electron chi connectivity index (χ3n) is 12.5. The fraction of sp³-hybridized carbons (Fsp3) is 0.200. The van der Waals surface area contributed by atoms with Crippen molar-refractivity contribution in [3.8, 4) is 22.3 Å². The third-order valence-corrected chi connectivity index (χ3v) is 12.5. The number of anilines is 3. The van der Waals surface area contributed by atoms with E-state index in [0.717, 1.165) is 55.6 Å². The Morgan fingerprint density at radius 3 is 1.81 bits per heavy atom. The first-order valence-corrected chi connectivity index (χ1v) is 18.6. The average molecular weight is 706 g/mol. The number of hydrogen-bond donors (Lipinski definition) is 0. The molecule has 5 aromatic rings. The van der Waals surface area contributed by atoms with E-state index in [1.807, 2.05) is 35.2 Å². The largest absolute Gasteiger partial charge is 0.311 e. The first-order valence-electron chi connectivity index (χ1n) is 18.6. The molecule has 3 aliphatic carbocycles. The van der Waals surface area contributed by atoms with Crippen molar-refractivity contribution in [1.29, 1.82) is 0 Å².